The average Bonchev–Trinajstić information content (AvgIpc) is 3.99. The maximum absolute atomic E-state index is 12.6. The van der Waals surface area contributed by atoms with Crippen molar-refractivity contribution in [3.63, 3.8) is 0 Å². The van der Waals surface area contributed by atoms with E-state index in [0.717, 1.165) is 73.2 Å². The van der Waals surface area contributed by atoms with Gasteiger partial charge in [0.1, 0.15) is 6.04 Å². The molecule has 8 bridgehead atoms. The molecular formula is C42H54N6O9. The molecule has 0 fully saturated rings. The van der Waals surface area contributed by atoms with Crippen molar-refractivity contribution >= 4 is 62.6 Å². The van der Waals surface area contributed by atoms with E-state index in [-0.39, 0.29) is 19.3 Å². The Morgan fingerprint density at radius 2 is 1.25 bits per heavy atom. The van der Waals surface area contributed by atoms with Gasteiger partial charge >= 0.3 is 11.9 Å². The van der Waals surface area contributed by atoms with Crippen molar-refractivity contribution in [3.8, 4) is 0 Å². The van der Waals surface area contributed by atoms with Crippen molar-refractivity contribution < 1.29 is 43.5 Å². The molecule has 1 unspecified atom stereocenters. The smallest absolute Gasteiger partial charge is 0.326 e. The molecule has 5 heterocycles. The number of H-pyrrole nitrogens is 3. The number of aromatic nitrogens is 4. The van der Waals surface area contributed by atoms with Gasteiger partial charge in [0.2, 0.25) is 5.91 Å². The molecule has 0 aliphatic carbocycles. The van der Waals surface area contributed by atoms with Gasteiger partial charge in [-0.2, -0.15) is 0 Å². The summed E-state index contributed by atoms with van der Waals surface area (Å²) in [7, 11) is 6.74. The molecule has 4 aromatic rings. The zero-order chi connectivity index (χ0) is 40.7. The fourth-order valence-electron chi connectivity index (χ4n) is 6.75. The average molecular weight is 787 g/mol. The van der Waals surface area contributed by atoms with Gasteiger partial charge in [0.25, 0.3) is 0 Å². The van der Waals surface area contributed by atoms with Gasteiger partial charge in [-0.3, -0.25) is 14.6 Å². The van der Waals surface area contributed by atoms with E-state index in [2.05, 4.69) is 56.7 Å². The van der Waals surface area contributed by atoms with Crippen molar-refractivity contribution in [1.29, 1.82) is 0 Å². The maximum atomic E-state index is 12.6. The van der Waals surface area contributed by atoms with Gasteiger partial charge < -0.3 is 49.4 Å². The largest absolute Gasteiger partial charge is 0.481 e. The molecule has 1 atom stereocenters. The number of methoxy groups -OCH3 is 4. The van der Waals surface area contributed by atoms with Crippen LogP contribution in [0.5, 0.6) is 0 Å². The number of rotatable bonds is 22. The van der Waals surface area contributed by atoms with Crippen LogP contribution in [-0.2, 0) is 52.6 Å². The number of hydrogen-bond acceptors (Lipinski definition) is 9. The molecule has 0 saturated carbocycles. The van der Waals surface area contributed by atoms with Crippen LogP contribution in [0.2, 0.25) is 0 Å². The van der Waals surface area contributed by atoms with Crippen LogP contribution in [0.1, 0.15) is 66.6 Å². The summed E-state index contributed by atoms with van der Waals surface area (Å²) in [6.45, 7) is 2.50. The Bertz CT molecular complexity index is 2250. The SMILES string of the molecule is COCCC1=Cc2nc1c(=NCCCCC(=O)NC(CCC(=O)O)C(=O)O)cc1[nH]c(cc1CCOC)c1cc(CCOC)c(ccc3[nH]c2cc3CCOC)[nH]1. The fourth-order valence-corrected chi connectivity index (χ4v) is 6.75. The molecule has 1 aliphatic heterocycles. The summed E-state index contributed by atoms with van der Waals surface area (Å²) < 4.78 is 21.9. The molecule has 0 aromatic carbocycles. The van der Waals surface area contributed by atoms with Gasteiger partial charge in [-0.25, -0.2) is 9.78 Å². The quantitative estimate of drug-likeness (QED) is 0.0575. The highest BCUT2D eigenvalue weighted by molar-refractivity contribution is 5.89. The van der Waals surface area contributed by atoms with Gasteiger partial charge in [0.05, 0.1) is 59.7 Å². The van der Waals surface area contributed by atoms with Crippen LogP contribution in [0.15, 0.2) is 41.4 Å². The molecule has 1 amide bonds. The molecular weight excluding hydrogens is 732 g/mol. The Labute approximate surface area is 330 Å². The zero-order valence-electron chi connectivity index (χ0n) is 33.2. The number of aliphatic carboxylic acids is 2. The Kier molecular flexibility index (Phi) is 16.0. The van der Waals surface area contributed by atoms with E-state index < -0.39 is 23.9 Å². The van der Waals surface area contributed by atoms with E-state index >= 15 is 0 Å². The van der Waals surface area contributed by atoms with Crippen molar-refractivity contribution in [1.82, 2.24) is 25.3 Å². The van der Waals surface area contributed by atoms with Gasteiger partial charge in [-0.05, 0) is 110 Å². The first-order valence-corrected chi connectivity index (χ1v) is 19.2. The molecule has 15 nitrogen and oxygen atoms in total. The molecule has 15 heteroatoms. The molecule has 1 aliphatic rings. The van der Waals surface area contributed by atoms with Gasteiger partial charge in [-0.15, -0.1) is 0 Å². The number of nitrogens with zero attached hydrogens (tertiary/aromatic N) is 2. The maximum Gasteiger partial charge on any atom is 0.326 e. The molecule has 0 radical (unpaired) electrons. The standard InChI is InChI=1S/C42H54N6O9/c1-54-17-12-26-21-34-35-23-28(14-19-56-3)33(46-35)25-38(43-16-6-5-7-39(49)47-32(42(52)53)10-11-40(50)51)41-29(15-20-57-4)24-37(48-41)36-22-27(13-18-55-2)31(45-36)9-8-30(26)44-34/h8-9,21-25,32,44-46H,5-7,10-20H2,1-4H3,(H,47,49)(H,50,51)(H,52,53). The molecule has 4 aromatic heterocycles. The van der Waals surface area contributed by atoms with E-state index in [9.17, 15) is 19.5 Å². The van der Waals surface area contributed by atoms with E-state index in [0.29, 0.717) is 70.4 Å². The minimum Gasteiger partial charge on any atom is -0.481 e. The highest BCUT2D eigenvalue weighted by atomic mass is 16.5. The molecule has 0 spiro atoms. The van der Waals surface area contributed by atoms with Gasteiger partial charge in [0.15, 0.2) is 0 Å². The van der Waals surface area contributed by atoms with Crippen molar-refractivity contribution in [2.75, 3.05) is 61.4 Å². The second kappa shape index (κ2) is 21.3. The number of hydrogen-bond donors (Lipinski definition) is 6. The number of fused-ring (bicyclic) bond motifs is 10. The van der Waals surface area contributed by atoms with Crippen molar-refractivity contribution in [3.05, 3.63) is 69.8 Å². The monoisotopic (exact) mass is 786 g/mol. The summed E-state index contributed by atoms with van der Waals surface area (Å²) in [6.07, 6.45) is 5.27. The van der Waals surface area contributed by atoms with Crippen LogP contribution >= 0.6 is 0 Å². The Morgan fingerprint density at radius 1 is 0.702 bits per heavy atom. The van der Waals surface area contributed by atoms with E-state index in [1.807, 2.05) is 6.07 Å². The van der Waals surface area contributed by atoms with Crippen molar-refractivity contribution in [2.45, 2.75) is 63.8 Å². The van der Waals surface area contributed by atoms with Crippen LogP contribution in [0.4, 0.5) is 0 Å². The Morgan fingerprint density at radius 3 is 1.82 bits per heavy atom. The van der Waals surface area contributed by atoms with Crippen LogP contribution < -0.4 is 10.7 Å². The second-order valence-electron chi connectivity index (χ2n) is 13.9. The lowest BCUT2D eigenvalue weighted by Crippen LogP contribution is -2.41. The number of carboxylic acids is 2. The van der Waals surface area contributed by atoms with Crippen molar-refractivity contribution in [2.24, 2.45) is 4.99 Å². The number of aromatic amines is 3. The first-order valence-electron chi connectivity index (χ1n) is 19.2. The normalized spacial score (nSPS) is 12.9. The Balaban J connectivity index is 1.65. The topological polar surface area (TPSA) is 213 Å². The van der Waals surface area contributed by atoms with Crippen LogP contribution in [0.3, 0.4) is 0 Å². The molecule has 306 valence electrons. The third kappa shape index (κ3) is 11.8. The van der Waals surface area contributed by atoms with Crippen LogP contribution in [0.25, 0.3) is 44.7 Å². The van der Waals surface area contributed by atoms with Crippen LogP contribution in [0, 0.1) is 0 Å². The third-order valence-electron chi connectivity index (χ3n) is 9.83. The number of carboxylic acid groups (broad SMARTS) is 2. The summed E-state index contributed by atoms with van der Waals surface area (Å²) in [4.78, 5) is 56.4. The van der Waals surface area contributed by atoms with Crippen LogP contribution in [-0.4, -0.2) is 115 Å². The summed E-state index contributed by atoms with van der Waals surface area (Å²) >= 11 is 0. The highest BCUT2D eigenvalue weighted by Gasteiger charge is 2.21. The second-order valence-corrected chi connectivity index (χ2v) is 13.9. The fraction of sp³-hybridized carbons (Fsp3) is 0.452. The molecule has 0 saturated heterocycles. The predicted octanol–water partition coefficient (Wildman–Crippen LogP) is 5.17. The van der Waals surface area contributed by atoms with E-state index in [1.165, 1.54) is 0 Å². The number of amides is 1. The number of unbranched alkanes of at least 4 members (excludes halogenated alkanes) is 1. The lowest BCUT2D eigenvalue weighted by molar-refractivity contribution is -0.143. The molecule has 57 heavy (non-hydrogen) atoms. The number of carbonyl (C=O) groups is 3. The summed E-state index contributed by atoms with van der Waals surface area (Å²) in [5.74, 6) is -2.85. The predicted molar refractivity (Wildman–Crippen MR) is 218 cm³/mol. The molecule has 6 N–H and O–H groups in total. The van der Waals surface area contributed by atoms with Gasteiger partial charge in [0, 0.05) is 64.4 Å². The lowest BCUT2D eigenvalue weighted by atomic mass is 10.1. The minimum absolute atomic E-state index is 0.0734. The summed E-state index contributed by atoms with van der Waals surface area (Å²) in [5.41, 5.74) is 11.2. The number of carbonyl (C=O) groups excluding carboxylic acids is 1. The van der Waals surface area contributed by atoms with E-state index in [4.69, 9.17) is 34.0 Å². The number of ether oxygens (including phenoxy) is 4. The highest BCUT2D eigenvalue weighted by Crippen LogP contribution is 2.27. The van der Waals surface area contributed by atoms with E-state index in [1.54, 1.807) is 28.4 Å². The lowest BCUT2D eigenvalue weighted by Gasteiger charge is -2.13. The number of nitrogens with one attached hydrogen (secondary N) is 4. The Hall–Kier alpha value is -5.35. The molecule has 5 rings (SSSR count). The first kappa shape index (κ1) is 42.8. The van der Waals surface area contributed by atoms with Gasteiger partial charge in [-0.1, -0.05) is 0 Å². The summed E-state index contributed by atoms with van der Waals surface area (Å²) in [6, 6.07) is 11.4. The zero-order valence-corrected chi connectivity index (χ0v) is 33.2. The first-order chi connectivity index (χ1) is 27.6. The third-order valence-corrected chi connectivity index (χ3v) is 9.83. The summed E-state index contributed by atoms with van der Waals surface area (Å²) in [5, 5.41) is 21.5. The minimum atomic E-state index is -1.27.